The lowest BCUT2D eigenvalue weighted by atomic mass is 9.99. The standard InChI is InChI=1S/C20H23N3O4S/c1-12-15(20(24)25-3)9-14(26-12)10-23(2)11-18-21-22-19(27-18)17-8-13-6-4-5-7-16(13)28-17/h8-9H,4-7,10-11H2,1-3H3. The van der Waals surface area contributed by atoms with Crippen LogP contribution < -0.4 is 0 Å². The molecule has 148 valence electrons. The third kappa shape index (κ3) is 3.88. The van der Waals surface area contributed by atoms with Crippen LogP contribution in [0.5, 0.6) is 0 Å². The van der Waals surface area contributed by atoms with Gasteiger partial charge in [0.2, 0.25) is 5.89 Å². The number of nitrogens with zero attached hydrogens (tertiary/aromatic N) is 3. The van der Waals surface area contributed by atoms with Crippen molar-refractivity contribution in [1.29, 1.82) is 0 Å². The van der Waals surface area contributed by atoms with Crippen molar-refractivity contribution in [3.05, 3.63) is 45.5 Å². The molecule has 4 rings (SSSR count). The van der Waals surface area contributed by atoms with E-state index in [0.717, 1.165) is 17.7 Å². The first-order valence-electron chi connectivity index (χ1n) is 9.34. The minimum atomic E-state index is -0.393. The Hall–Kier alpha value is -2.45. The number of thiophene rings is 1. The number of ether oxygens (including phenoxy) is 1. The summed E-state index contributed by atoms with van der Waals surface area (Å²) in [5.41, 5.74) is 1.88. The van der Waals surface area contributed by atoms with Gasteiger partial charge in [-0.25, -0.2) is 4.79 Å². The molecule has 0 aliphatic heterocycles. The predicted octanol–water partition coefficient (Wildman–Crippen LogP) is 4.00. The molecular formula is C20H23N3O4S. The van der Waals surface area contributed by atoms with Crippen LogP contribution in [0.4, 0.5) is 0 Å². The predicted molar refractivity (Wildman–Crippen MR) is 104 cm³/mol. The molecule has 0 fully saturated rings. The van der Waals surface area contributed by atoms with Gasteiger partial charge in [0, 0.05) is 4.88 Å². The largest absolute Gasteiger partial charge is 0.465 e. The topological polar surface area (TPSA) is 81.6 Å². The number of rotatable bonds is 6. The Morgan fingerprint density at radius 2 is 2.04 bits per heavy atom. The molecule has 8 heteroatoms. The summed E-state index contributed by atoms with van der Waals surface area (Å²) in [6.07, 6.45) is 4.81. The first kappa shape index (κ1) is 18.9. The quantitative estimate of drug-likeness (QED) is 0.578. The van der Waals surface area contributed by atoms with E-state index in [9.17, 15) is 4.79 Å². The van der Waals surface area contributed by atoms with Crippen LogP contribution in [0.25, 0.3) is 10.8 Å². The highest BCUT2D eigenvalue weighted by atomic mass is 32.1. The van der Waals surface area contributed by atoms with Gasteiger partial charge in [0.05, 0.1) is 25.1 Å². The molecule has 1 aliphatic rings. The lowest BCUT2D eigenvalue weighted by Gasteiger charge is -2.11. The Morgan fingerprint density at radius 3 is 2.82 bits per heavy atom. The minimum absolute atomic E-state index is 0.393. The van der Waals surface area contributed by atoms with Crippen LogP contribution in [0.3, 0.4) is 0 Å². The smallest absolute Gasteiger partial charge is 0.341 e. The van der Waals surface area contributed by atoms with E-state index in [1.165, 1.54) is 30.4 Å². The van der Waals surface area contributed by atoms with Crippen LogP contribution in [0.1, 0.15) is 51.1 Å². The number of furan rings is 1. The van der Waals surface area contributed by atoms with E-state index >= 15 is 0 Å². The van der Waals surface area contributed by atoms with E-state index in [4.69, 9.17) is 13.6 Å². The Bertz CT molecular complexity index is 964. The Morgan fingerprint density at radius 1 is 1.21 bits per heavy atom. The second-order valence-electron chi connectivity index (χ2n) is 7.11. The molecule has 0 amide bonds. The maximum atomic E-state index is 11.7. The zero-order valence-electron chi connectivity index (χ0n) is 16.3. The van der Waals surface area contributed by atoms with Crippen LogP contribution in [-0.2, 0) is 30.7 Å². The minimum Gasteiger partial charge on any atom is -0.465 e. The number of hydrogen-bond acceptors (Lipinski definition) is 8. The molecule has 0 saturated carbocycles. The van der Waals surface area contributed by atoms with Crippen molar-refractivity contribution < 1.29 is 18.4 Å². The van der Waals surface area contributed by atoms with Crippen molar-refractivity contribution in [3.63, 3.8) is 0 Å². The molecule has 0 saturated heterocycles. The van der Waals surface area contributed by atoms with Gasteiger partial charge in [-0.15, -0.1) is 21.5 Å². The lowest BCUT2D eigenvalue weighted by molar-refractivity contribution is 0.0599. The number of methoxy groups -OCH3 is 1. The van der Waals surface area contributed by atoms with Gasteiger partial charge in [-0.1, -0.05) is 0 Å². The molecule has 0 N–H and O–H groups in total. The fraction of sp³-hybridized carbons (Fsp3) is 0.450. The molecule has 0 atom stereocenters. The molecule has 0 aromatic carbocycles. The SMILES string of the molecule is COC(=O)c1cc(CN(C)Cc2nnc(-c3cc4c(s3)CCCC4)o2)oc1C. The first-order chi connectivity index (χ1) is 13.5. The summed E-state index contributed by atoms with van der Waals surface area (Å²) in [5, 5.41) is 8.41. The number of carbonyl (C=O) groups is 1. The van der Waals surface area contributed by atoms with Gasteiger partial charge in [-0.3, -0.25) is 4.90 Å². The normalized spacial score (nSPS) is 13.7. The number of carbonyl (C=O) groups excluding carboxylic acids is 1. The van der Waals surface area contributed by atoms with Gasteiger partial charge in [0.15, 0.2) is 0 Å². The van der Waals surface area contributed by atoms with Crippen LogP contribution in [0, 0.1) is 6.92 Å². The van der Waals surface area contributed by atoms with Crippen molar-refractivity contribution >= 4 is 17.3 Å². The maximum Gasteiger partial charge on any atom is 0.341 e. The van der Waals surface area contributed by atoms with Crippen molar-refractivity contribution in [2.45, 2.75) is 45.7 Å². The number of aromatic nitrogens is 2. The number of esters is 1. The average Bonchev–Trinajstić information content (AvgIpc) is 3.39. The fourth-order valence-corrected chi connectivity index (χ4v) is 4.68. The van der Waals surface area contributed by atoms with E-state index in [1.54, 1.807) is 24.3 Å². The van der Waals surface area contributed by atoms with Gasteiger partial charge in [-0.05, 0) is 57.4 Å². The van der Waals surface area contributed by atoms with Crippen LogP contribution in [0.15, 0.2) is 21.0 Å². The lowest BCUT2D eigenvalue weighted by Crippen LogP contribution is -2.17. The molecule has 3 aromatic rings. The van der Waals surface area contributed by atoms with E-state index in [1.807, 2.05) is 11.9 Å². The summed E-state index contributed by atoms with van der Waals surface area (Å²) in [4.78, 5) is 16.2. The third-order valence-electron chi connectivity index (χ3n) is 4.88. The molecular weight excluding hydrogens is 378 g/mol. The average molecular weight is 401 g/mol. The second kappa shape index (κ2) is 7.89. The van der Waals surface area contributed by atoms with Gasteiger partial charge in [0.25, 0.3) is 5.89 Å². The van der Waals surface area contributed by atoms with Crippen LogP contribution in [0.2, 0.25) is 0 Å². The van der Waals surface area contributed by atoms with E-state index < -0.39 is 5.97 Å². The van der Waals surface area contributed by atoms with Crippen LogP contribution >= 0.6 is 11.3 Å². The summed E-state index contributed by atoms with van der Waals surface area (Å²) in [5.74, 6) is 1.99. The Kier molecular flexibility index (Phi) is 5.32. The molecule has 0 bridgehead atoms. The molecule has 3 aromatic heterocycles. The Labute approximate surface area is 167 Å². The van der Waals surface area contributed by atoms with E-state index in [0.29, 0.717) is 42.0 Å². The number of hydrogen-bond donors (Lipinski definition) is 0. The first-order valence-corrected chi connectivity index (χ1v) is 10.2. The molecule has 7 nitrogen and oxygen atoms in total. The monoisotopic (exact) mass is 401 g/mol. The van der Waals surface area contributed by atoms with Crippen molar-refractivity contribution in [2.75, 3.05) is 14.2 Å². The maximum absolute atomic E-state index is 11.7. The van der Waals surface area contributed by atoms with Crippen molar-refractivity contribution in [1.82, 2.24) is 15.1 Å². The highest BCUT2D eigenvalue weighted by Crippen LogP contribution is 2.35. The Balaban J connectivity index is 1.41. The summed E-state index contributed by atoms with van der Waals surface area (Å²) in [6, 6.07) is 3.91. The zero-order valence-corrected chi connectivity index (χ0v) is 17.1. The van der Waals surface area contributed by atoms with Crippen molar-refractivity contribution in [2.24, 2.45) is 0 Å². The molecule has 0 spiro atoms. The van der Waals surface area contributed by atoms with Crippen molar-refractivity contribution in [3.8, 4) is 10.8 Å². The van der Waals surface area contributed by atoms with E-state index in [2.05, 4.69) is 16.3 Å². The molecule has 0 radical (unpaired) electrons. The molecule has 28 heavy (non-hydrogen) atoms. The summed E-state index contributed by atoms with van der Waals surface area (Å²) < 4.78 is 16.3. The summed E-state index contributed by atoms with van der Waals surface area (Å²) >= 11 is 1.76. The second-order valence-corrected chi connectivity index (χ2v) is 8.25. The van der Waals surface area contributed by atoms with Gasteiger partial charge in [-0.2, -0.15) is 0 Å². The molecule has 1 aliphatic carbocycles. The van der Waals surface area contributed by atoms with Crippen LogP contribution in [-0.4, -0.2) is 35.2 Å². The fourth-order valence-electron chi connectivity index (χ4n) is 3.50. The highest BCUT2D eigenvalue weighted by Gasteiger charge is 2.19. The van der Waals surface area contributed by atoms with Gasteiger partial charge >= 0.3 is 5.97 Å². The third-order valence-corrected chi connectivity index (χ3v) is 6.10. The summed E-state index contributed by atoms with van der Waals surface area (Å²) in [7, 11) is 3.29. The van der Waals surface area contributed by atoms with E-state index in [-0.39, 0.29) is 0 Å². The van der Waals surface area contributed by atoms with Gasteiger partial charge in [0.1, 0.15) is 17.1 Å². The zero-order chi connectivity index (χ0) is 19.7. The summed E-state index contributed by atoms with van der Waals surface area (Å²) in [6.45, 7) is 2.76. The molecule has 3 heterocycles. The highest BCUT2D eigenvalue weighted by molar-refractivity contribution is 7.15. The number of aryl methyl sites for hydroxylation is 3. The number of fused-ring (bicyclic) bond motifs is 1. The molecule has 0 unspecified atom stereocenters. The van der Waals surface area contributed by atoms with Gasteiger partial charge < -0.3 is 13.6 Å².